The van der Waals surface area contributed by atoms with Gasteiger partial charge in [-0.3, -0.25) is 15.1 Å². The van der Waals surface area contributed by atoms with Crippen LogP contribution in [0.4, 0.5) is 0 Å². The molecule has 6 nitrogen and oxygen atoms in total. The van der Waals surface area contributed by atoms with Crippen molar-refractivity contribution in [1.29, 1.82) is 0 Å². The van der Waals surface area contributed by atoms with Crippen molar-refractivity contribution in [2.75, 3.05) is 7.11 Å². The largest absolute Gasteiger partial charge is 0.496 e. The molecule has 5 rings (SSSR count). The smallest absolute Gasteiger partial charge is 0.276 e. The van der Waals surface area contributed by atoms with E-state index in [4.69, 9.17) is 26.4 Å². The molecular formula is C25H21ClN4O2S. The fraction of sp³-hybridized carbons (Fsp3) is 0.160. The number of amides is 1. The summed E-state index contributed by atoms with van der Waals surface area (Å²) in [6.07, 6.45) is -0.461. The molecule has 0 saturated heterocycles. The van der Waals surface area contributed by atoms with E-state index in [1.165, 1.54) is 11.8 Å². The number of para-hydroxylation sites is 1. The van der Waals surface area contributed by atoms with Crippen LogP contribution in [0.15, 0.2) is 76.8 Å². The number of rotatable bonds is 4. The van der Waals surface area contributed by atoms with E-state index in [0.717, 1.165) is 33.0 Å². The number of halogens is 1. The maximum absolute atomic E-state index is 13.2. The summed E-state index contributed by atoms with van der Waals surface area (Å²) in [5.74, 6) is 1.26. The fourth-order valence-electron chi connectivity index (χ4n) is 3.90. The summed E-state index contributed by atoms with van der Waals surface area (Å²) in [4.78, 5) is 18.2. The van der Waals surface area contributed by atoms with E-state index in [2.05, 4.69) is 5.32 Å². The van der Waals surface area contributed by atoms with E-state index in [1.807, 2.05) is 73.7 Å². The highest BCUT2D eigenvalue weighted by Gasteiger charge is 2.34. The quantitative estimate of drug-likeness (QED) is 0.623. The van der Waals surface area contributed by atoms with Gasteiger partial charge in [-0.15, -0.1) is 5.10 Å². The number of fused-ring (bicyclic) bond motifs is 2. The standard InChI is InChI=1S/C25H21ClN4O2S/c1-15-13-17(9-12-21(15)32-2)23-27-20-6-4-3-5-19(20)22-24(31)28-25(29-30(22)23)33-14-16-7-10-18(26)11-8-16/h3-13,23H,14H2,1-2H3,(H,28,29,31)/t23-/m1/s1. The molecule has 2 heterocycles. The van der Waals surface area contributed by atoms with Crippen LogP contribution in [-0.2, 0) is 10.5 Å². The molecule has 0 unspecified atom stereocenters. The minimum Gasteiger partial charge on any atom is -0.496 e. The summed E-state index contributed by atoms with van der Waals surface area (Å²) in [5, 5.41) is 12.2. The van der Waals surface area contributed by atoms with E-state index in [-0.39, 0.29) is 5.91 Å². The van der Waals surface area contributed by atoms with Gasteiger partial charge >= 0.3 is 0 Å². The Morgan fingerprint density at radius 1 is 1.12 bits per heavy atom. The number of nitrogens with one attached hydrogen (secondary N) is 1. The first-order valence-electron chi connectivity index (χ1n) is 10.4. The van der Waals surface area contributed by atoms with Gasteiger partial charge in [-0.25, -0.2) is 5.01 Å². The molecule has 0 spiro atoms. The first kappa shape index (κ1) is 21.6. The number of hydrazone groups is 1. The van der Waals surface area contributed by atoms with Crippen LogP contribution in [0, 0.1) is 6.92 Å². The third-order valence-electron chi connectivity index (χ3n) is 5.52. The Bertz CT molecular complexity index is 1390. The number of ether oxygens (including phenoxy) is 1. The summed E-state index contributed by atoms with van der Waals surface area (Å²) < 4.78 is 5.41. The first-order valence-corrected chi connectivity index (χ1v) is 11.8. The van der Waals surface area contributed by atoms with Crippen molar-refractivity contribution in [3.63, 3.8) is 0 Å². The van der Waals surface area contributed by atoms with Crippen LogP contribution < -0.4 is 20.6 Å². The van der Waals surface area contributed by atoms with Crippen LogP contribution >= 0.6 is 23.4 Å². The number of carbonyl (C=O) groups is 1. The molecule has 2 aliphatic rings. The summed E-state index contributed by atoms with van der Waals surface area (Å²) >= 11 is 7.45. The number of methoxy groups -OCH3 is 1. The van der Waals surface area contributed by atoms with Crippen LogP contribution in [-0.4, -0.2) is 23.2 Å². The number of benzene rings is 3. The summed E-state index contributed by atoms with van der Waals surface area (Å²) in [5.41, 5.74) is 3.51. The Morgan fingerprint density at radius 2 is 1.91 bits per heavy atom. The molecule has 1 N–H and O–H groups in total. The van der Waals surface area contributed by atoms with Crippen LogP contribution in [0.3, 0.4) is 0 Å². The molecule has 0 radical (unpaired) electrons. The molecule has 0 bridgehead atoms. The topological polar surface area (TPSA) is 66.3 Å². The zero-order valence-electron chi connectivity index (χ0n) is 18.1. The maximum atomic E-state index is 13.2. The Kier molecular flexibility index (Phi) is 5.83. The molecule has 0 fully saturated rings. The number of thioether (sulfide) groups is 1. The lowest BCUT2D eigenvalue weighted by atomic mass is 10.1. The van der Waals surface area contributed by atoms with Gasteiger partial charge in [0.1, 0.15) is 11.4 Å². The van der Waals surface area contributed by atoms with Gasteiger partial charge in [-0.1, -0.05) is 59.8 Å². The first-order chi connectivity index (χ1) is 16.0. The number of carbonyl (C=O) groups excluding carboxylic acids is 1. The highest BCUT2D eigenvalue weighted by atomic mass is 35.5. The minimum absolute atomic E-state index is 0.193. The fourth-order valence-corrected chi connectivity index (χ4v) is 4.84. The van der Waals surface area contributed by atoms with Crippen LogP contribution in [0.25, 0.3) is 5.70 Å². The molecule has 3 aromatic rings. The van der Waals surface area contributed by atoms with E-state index in [0.29, 0.717) is 21.6 Å². The molecule has 2 aliphatic heterocycles. The molecule has 3 aromatic carbocycles. The van der Waals surface area contributed by atoms with Gasteiger partial charge in [0.2, 0.25) is 0 Å². The average Bonchev–Trinajstić information content (AvgIpc) is 2.83. The van der Waals surface area contributed by atoms with Gasteiger partial charge in [0.15, 0.2) is 11.3 Å². The van der Waals surface area contributed by atoms with Crippen molar-refractivity contribution in [2.45, 2.75) is 18.8 Å². The Balaban J connectivity index is 1.55. The zero-order chi connectivity index (χ0) is 22.9. The Labute approximate surface area is 200 Å². The molecular weight excluding hydrogens is 456 g/mol. The number of aryl methyl sites for hydroxylation is 1. The van der Waals surface area contributed by atoms with E-state index < -0.39 is 6.17 Å². The minimum atomic E-state index is -0.461. The van der Waals surface area contributed by atoms with Crippen molar-refractivity contribution < 1.29 is 9.53 Å². The van der Waals surface area contributed by atoms with Gasteiger partial charge < -0.3 is 4.74 Å². The summed E-state index contributed by atoms with van der Waals surface area (Å²) in [7, 11) is 1.65. The van der Waals surface area contributed by atoms with Gasteiger partial charge in [0.05, 0.1) is 12.5 Å². The second-order valence-corrected chi connectivity index (χ2v) is 9.12. The molecule has 0 aliphatic carbocycles. The molecule has 166 valence electrons. The van der Waals surface area contributed by atoms with Crippen LogP contribution in [0.2, 0.25) is 5.02 Å². The third-order valence-corrected chi connectivity index (χ3v) is 6.71. The molecule has 8 heteroatoms. The maximum Gasteiger partial charge on any atom is 0.276 e. The van der Waals surface area contributed by atoms with Gasteiger partial charge in [0.25, 0.3) is 5.91 Å². The van der Waals surface area contributed by atoms with Crippen LogP contribution in [0.5, 0.6) is 5.75 Å². The average molecular weight is 477 g/mol. The van der Waals surface area contributed by atoms with Crippen molar-refractivity contribution in [3.05, 3.63) is 99.0 Å². The van der Waals surface area contributed by atoms with Gasteiger partial charge in [-0.05, 0) is 53.9 Å². The lowest BCUT2D eigenvalue weighted by molar-refractivity contribution is -0.116. The molecule has 0 saturated carbocycles. The predicted molar refractivity (Wildman–Crippen MR) is 131 cm³/mol. The lowest BCUT2D eigenvalue weighted by Crippen LogP contribution is -2.50. The second-order valence-electron chi connectivity index (χ2n) is 7.72. The summed E-state index contributed by atoms with van der Waals surface area (Å²) in [6.45, 7) is 1.99. The van der Waals surface area contributed by atoms with E-state index in [9.17, 15) is 4.79 Å². The van der Waals surface area contributed by atoms with Crippen LogP contribution in [0.1, 0.15) is 22.9 Å². The number of amidine groups is 1. The number of hydrogen-bond donors (Lipinski definition) is 1. The molecule has 1 atom stereocenters. The zero-order valence-corrected chi connectivity index (χ0v) is 19.7. The monoisotopic (exact) mass is 476 g/mol. The normalized spacial score (nSPS) is 16.9. The van der Waals surface area contributed by atoms with E-state index in [1.54, 1.807) is 12.1 Å². The summed E-state index contributed by atoms with van der Waals surface area (Å²) in [6, 6.07) is 21.2. The van der Waals surface area contributed by atoms with Gasteiger partial charge in [0, 0.05) is 16.0 Å². The molecule has 0 aromatic heterocycles. The third kappa shape index (κ3) is 4.21. The van der Waals surface area contributed by atoms with Crippen molar-refractivity contribution in [1.82, 2.24) is 10.3 Å². The van der Waals surface area contributed by atoms with Crippen molar-refractivity contribution in [2.24, 2.45) is 10.1 Å². The highest BCUT2D eigenvalue weighted by Crippen LogP contribution is 2.33. The number of hydrogen-bond acceptors (Lipinski definition) is 6. The highest BCUT2D eigenvalue weighted by molar-refractivity contribution is 8.13. The number of nitrogens with zero attached hydrogens (tertiary/aromatic N) is 3. The SMILES string of the molecule is COc1ccc([C@@H]2N=c3ccccc3=C3C(=O)NC(SCc4ccc(Cl)cc4)=NN32)cc1C. The van der Waals surface area contributed by atoms with Crippen molar-refractivity contribution >= 4 is 40.1 Å². The van der Waals surface area contributed by atoms with Gasteiger partial charge in [-0.2, -0.15) is 0 Å². The predicted octanol–water partition coefficient (Wildman–Crippen LogP) is 3.73. The lowest BCUT2D eigenvalue weighted by Gasteiger charge is -2.34. The molecule has 33 heavy (non-hydrogen) atoms. The molecule has 1 amide bonds. The van der Waals surface area contributed by atoms with E-state index >= 15 is 0 Å². The second kappa shape index (κ2) is 8.92. The van der Waals surface area contributed by atoms with Crippen molar-refractivity contribution in [3.8, 4) is 5.75 Å². The Hall–Kier alpha value is -3.29. The Morgan fingerprint density at radius 3 is 2.67 bits per heavy atom.